The highest BCUT2D eigenvalue weighted by Crippen LogP contribution is 2.15. The number of nitrogens with one attached hydrogen (secondary N) is 2. The van der Waals surface area contributed by atoms with E-state index in [1.54, 1.807) is 16.7 Å². The maximum Gasteiger partial charge on any atom is 0.257 e. The van der Waals surface area contributed by atoms with Crippen molar-refractivity contribution in [2.24, 2.45) is 0 Å². The molecule has 2 heterocycles. The maximum atomic E-state index is 13.4. The SMILES string of the molecule is Cc1ccccc1CNC(=O)c1cn(CC2CCCO2)cc(C(=O)NCCc2cccc(F)c2)c1=O. The summed E-state index contributed by atoms with van der Waals surface area (Å²) in [6.07, 6.45) is 5.14. The molecule has 1 atom stereocenters. The number of pyridine rings is 1. The van der Waals surface area contributed by atoms with Crippen LogP contribution in [0.25, 0.3) is 0 Å². The Bertz CT molecular complexity index is 1300. The fourth-order valence-electron chi connectivity index (χ4n) is 4.27. The molecule has 0 bridgehead atoms. The van der Waals surface area contributed by atoms with Crippen LogP contribution < -0.4 is 16.1 Å². The van der Waals surface area contributed by atoms with Gasteiger partial charge in [-0.25, -0.2) is 4.39 Å². The number of carbonyl (C=O) groups excluding carboxylic acids is 2. The van der Waals surface area contributed by atoms with Crippen molar-refractivity contribution < 1.29 is 18.7 Å². The first-order valence-corrected chi connectivity index (χ1v) is 12.1. The molecule has 4 rings (SSSR count). The molecule has 1 aliphatic heterocycles. The predicted octanol–water partition coefficient (Wildman–Crippen LogP) is 3.38. The number of aromatic nitrogens is 1. The summed E-state index contributed by atoms with van der Waals surface area (Å²) < 4.78 is 20.8. The lowest BCUT2D eigenvalue weighted by Crippen LogP contribution is -2.36. The van der Waals surface area contributed by atoms with Crippen LogP contribution in [0.15, 0.2) is 65.7 Å². The van der Waals surface area contributed by atoms with Gasteiger partial charge in [-0.1, -0.05) is 36.4 Å². The first kappa shape index (κ1) is 25.3. The number of aryl methyl sites for hydroxylation is 1. The summed E-state index contributed by atoms with van der Waals surface area (Å²) in [4.78, 5) is 39.2. The van der Waals surface area contributed by atoms with Crippen LogP contribution in [-0.4, -0.2) is 35.6 Å². The van der Waals surface area contributed by atoms with Gasteiger partial charge in [0.25, 0.3) is 11.8 Å². The number of rotatable bonds is 9. The molecule has 1 aliphatic rings. The summed E-state index contributed by atoms with van der Waals surface area (Å²) >= 11 is 0. The number of benzene rings is 2. The fourth-order valence-corrected chi connectivity index (χ4v) is 4.27. The molecule has 188 valence electrons. The molecule has 0 spiro atoms. The second kappa shape index (κ2) is 11.8. The highest BCUT2D eigenvalue weighted by atomic mass is 19.1. The quantitative estimate of drug-likeness (QED) is 0.480. The molecule has 0 radical (unpaired) electrons. The molecular weight excluding hydrogens is 461 g/mol. The van der Waals surface area contributed by atoms with Gasteiger partial charge in [0.05, 0.1) is 6.10 Å². The average molecular weight is 492 g/mol. The first-order chi connectivity index (χ1) is 17.4. The van der Waals surface area contributed by atoms with Gasteiger partial charge in [-0.05, 0) is 55.0 Å². The molecule has 0 saturated carbocycles. The standard InChI is InChI=1S/C28H30FN3O4/c1-19-6-2-3-8-21(19)15-31-28(35)25-18-32(16-23-10-5-13-36-23)17-24(26(25)33)27(34)30-12-11-20-7-4-9-22(29)14-20/h2-4,6-9,14,17-18,23H,5,10-13,15-16H2,1H3,(H,30,34)(H,31,35). The highest BCUT2D eigenvalue weighted by Gasteiger charge is 2.22. The van der Waals surface area contributed by atoms with Crippen LogP contribution in [0.3, 0.4) is 0 Å². The molecule has 1 unspecified atom stereocenters. The number of amides is 2. The predicted molar refractivity (Wildman–Crippen MR) is 134 cm³/mol. The van der Waals surface area contributed by atoms with Crippen LogP contribution in [0.5, 0.6) is 0 Å². The van der Waals surface area contributed by atoms with E-state index in [4.69, 9.17) is 4.74 Å². The van der Waals surface area contributed by atoms with Crippen LogP contribution in [0.1, 0.15) is 50.2 Å². The zero-order chi connectivity index (χ0) is 25.5. The van der Waals surface area contributed by atoms with Crippen molar-refractivity contribution in [3.05, 3.63) is 105 Å². The van der Waals surface area contributed by atoms with E-state index >= 15 is 0 Å². The molecule has 7 nitrogen and oxygen atoms in total. The molecular formula is C28H30FN3O4. The summed E-state index contributed by atoms with van der Waals surface area (Å²) in [5.74, 6) is -1.47. The van der Waals surface area contributed by atoms with E-state index in [-0.39, 0.29) is 36.1 Å². The summed E-state index contributed by atoms with van der Waals surface area (Å²) in [5, 5.41) is 5.53. The monoisotopic (exact) mass is 491 g/mol. The Labute approximate surface area is 209 Å². The Morgan fingerprint density at radius 3 is 2.50 bits per heavy atom. The van der Waals surface area contributed by atoms with Crippen molar-refractivity contribution in [1.82, 2.24) is 15.2 Å². The second-order valence-corrected chi connectivity index (χ2v) is 8.99. The molecule has 1 aromatic heterocycles. The van der Waals surface area contributed by atoms with E-state index in [0.717, 1.165) is 29.5 Å². The van der Waals surface area contributed by atoms with Gasteiger partial charge in [-0.15, -0.1) is 0 Å². The molecule has 36 heavy (non-hydrogen) atoms. The van der Waals surface area contributed by atoms with Crippen molar-refractivity contribution in [2.75, 3.05) is 13.2 Å². The van der Waals surface area contributed by atoms with Gasteiger partial charge in [-0.3, -0.25) is 14.4 Å². The summed E-state index contributed by atoms with van der Waals surface area (Å²) in [7, 11) is 0. The van der Waals surface area contributed by atoms with Gasteiger partial charge < -0.3 is 19.9 Å². The van der Waals surface area contributed by atoms with Crippen molar-refractivity contribution in [3.8, 4) is 0 Å². The molecule has 8 heteroatoms. The summed E-state index contributed by atoms with van der Waals surface area (Å²) in [5.41, 5.74) is 1.85. The van der Waals surface area contributed by atoms with Gasteiger partial charge in [0, 0.05) is 38.6 Å². The molecule has 0 aliphatic carbocycles. The van der Waals surface area contributed by atoms with E-state index in [1.807, 2.05) is 31.2 Å². The number of nitrogens with zero attached hydrogens (tertiary/aromatic N) is 1. The number of hydrogen-bond acceptors (Lipinski definition) is 4. The third-order valence-electron chi connectivity index (χ3n) is 6.30. The maximum absolute atomic E-state index is 13.4. The van der Waals surface area contributed by atoms with Gasteiger partial charge in [-0.2, -0.15) is 0 Å². The Kier molecular flexibility index (Phi) is 8.28. The first-order valence-electron chi connectivity index (χ1n) is 12.1. The Hall–Kier alpha value is -3.78. The lowest BCUT2D eigenvalue weighted by molar-refractivity contribution is 0.0925. The van der Waals surface area contributed by atoms with Gasteiger partial charge >= 0.3 is 0 Å². The molecule has 1 fully saturated rings. The smallest absolute Gasteiger partial charge is 0.257 e. The number of ether oxygens (including phenoxy) is 1. The minimum Gasteiger partial charge on any atom is -0.376 e. The van der Waals surface area contributed by atoms with Crippen LogP contribution in [0.2, 0.25) is 0 Å². The Balaban J connectivity index is 1.52. The van der Waals surface area contributed by atoms with Crippen LogP contribution in [0.4, 0.5) is 4.39 Å². The van der Waals surface area contributed by atoms with Crippen molar-refractivity contribution >= 4 is 11.8 Å². The fraction of sp³-hybridized carbons (Fsp3) is 0.321. The van der Waals surface area contributed by atoms with Crippen molar-refractivity contribution in [3.63, 3.8) is 0 Å². The largest absolute Gasteiger partial charge is 0.376 e. The van der Waals surface area contributed by atoms with Gasteiger partial charge in [0.1, 0.15) is 16.9 Å². The minimum atomic E-state index is -0.635. The molecule has 1 saturated heterocycles. The average Bonchev–Trinajstić information content (AvgIpc) is 3.37. The molecule has 3 aromatic rings. The Morgan fingerprint density at radius 1 is 1.06 bits per heavy atom. The zero-order valence-electron chi connectivity index (χ0n) is 20.3. The number of carbonyl (C=O) groups is 2. The topological polar surface area (TPSA) is 89.4 Å². The highest BCUT2D eigenvalue weighted by molar-refractivity contribution is 5.99. The van der Waals surface area contributed by atoms with Crippen LogP contribution in [-0.2, 0) is 24.2 Å². The van der Waals surface area contributed by atoms with Gasteiger partial charge in [0.2, 0.25) is 5.43 Å². The third kappa shape index (κ3) is 6.46. The molecule has 2 amide bonds. The summed E-state index contributed by atoms with van der Waals surface area (Å²) in [6, 6.07) is 13.8. The van der Waals surface area contributed by atoms with Crippen molar-refractivity contribution in [2.45, 2.75) is 45.4 Å². The summed E-state index contributed by atoms with van der Waals surface area (Å²) in [6.45, 7) is 3.53. The zero-order valence-corrected chi connectivity index (χ0v) is 20.3. The van der Waals surface area contributed by atoms with Crippen LogP contribution in [0, 0.1) is 12.7 Å². The van der Waals surface area contributed by atoms with Gasteiger partial charge in [0.15, 0.2) is 0 Å². The molecule has 2 N–H and O–H groups in total. The lowest BCUT2D eigenvalue weighted by atomic mass is 10.1. The Morgan fingerprint density at radius 2 is 1.81 bits per heavy atom. The van der Waals surface area contributed by atoms with Crippen LogP contribution >= 0.6 is 0 Å². The number of hydrogen-bond donors (Lipinski definition) is 2. The molecule has 2 aromatic carbocycles. The van der Waals surface area contributed by atoms with E-state index < -0.39 is 17.2 Å². The van der Waals surface area contributed by atoms with E-state index in [9.17, 15) is 18.8 Å². The normalized spacial score (nSPS) is 15.0. The third-order valence-corrected chi connectivity index (χ3v) is 6.30. The van der Waals surface area contributed by atoms with Crippen molar-refractivity contribution in [1.29, 1.82) is 0 Å². The lowest BCUT2D eigenvalue weighted by Gasteiger charge is -2.16. The van der Waals surface area contributed by atoms with E-state index in [0.29, 0.717) is 19.6 Å². The van der Waals surface area contributed by atoms with E-state index in [2.05, 4.69) is 10.6 Å². The minimum absolute atomic E-state index is 0.0423. The number of halogens is 1. The van der Waals surface area contributed by atoms with E-state index in [1.165, 1.54) is 24.5 Å². The second-order valence-electron chi connectivity index (χ2n) is 8.99.